The zero-order valence-electron chi connectivity index (χ0n) is 15.3. The van der Waals surface area contributed by atoms with Gasteiger partial charge in [-0.05, 0) is 25.0 Å². The molecule has 1 saturated carbocycles. The maximum absolute atomic E-state index is 13.2. The Morgan fingerprint density at radius 2 is 1.67 bits per heavy atom. The number of amides is 1. The van der Waals surface area contributed by atoms with Gasteiger partial charge in [-0.3, -0.25) is 4.79 Å². The van der Waals surface area contributed by atoms with Gasteiger partial charge in [0.1, 0.15) is 11.5 Å². The van der Waals surface area contributed by atoms with Crippen molar-refractivity contribution >= 4 is 5.91 Å². The quantitative estimate of drug-likeness (QED) is 0.822. The summed E-state index contributed by atoms with van der Waals surface area (Å²) < 4.78 is 11.9. The van der Waals surface area contributed by atoms with E-state index in [0.29, 0.717) is 13.2 Å². The monoisotopic (exact) mass is 367 g/mol. The highest BCUT2D eigenvalue weighted by molar-refractivity contribution is 5.89. The van der Waals surface area contributed by atoms with E-state index in [2.05, 4.69) is 5.32 Å². The molecule has 0 spiro atoms. The van der Waals surface area contributed by atoms with E-state index in [1.165, 1.54) is 0 Å². The summed E-state index contributed by atoms with van der Waals surface area (Å²) in [6, 6.07) is 15.4. The molecule has 4 rings (SSSR count). The highest BCUT2D eigenvalue weighted by atomic mass is 16.5. The third-order valence-corrected chi connectivity index (χ3v) is 5.54. The number of carbonyl (C=O) groups excluding carboxylic acids is 1. The van der Waals surface area contributed by atoms with Crippen molar-refractivity contribution in [3.8, 4) is 11.5 Å². The van der Waals surface area contributed by atoms with Crippen LogP contribution in [0.15, 0.2) is 48.5 Å². The van der Waals surface area contributed by atoms with Crippen LogP contribution >= 0.6 is 0 Å². The summed E-state index contributed by atoms with van der Waals surface area (Å²) in [4.78, 5) is 13.2. The molecule has 1 heterocycles. The van der Waals surface area contributed by atoms with Crippen LogP contribution in [0, 0.1) is 0 Å². The molecule has 0 radical (unpaired) electrons. The van der Waals surface area contributed by atoms with Crippen molar-refractivity contribution in [2.45, 2.75) is 37.2 Å². The van der Waals surface area contributed by atoms with E-state index in [-0.39, 0.29) is 18.1 Å². The second-order valence-corrected chi connectivity index (χ2v) is 7.29. The molecule has 27 heavy (non-hydrogen) atoms. The lowest BCUT2D eigenvalue weighted by Crippen LogP contribution is -2.45. The molecule has 1 aliphatic carbocycles. The zero-order chi connectivity index (χ0) is 18.7. The predicted molar refractivity (Wildman–Crippen MR) is 102 cm³/mol. The summed E-state index contributed by atoms with van der Waals surface area (Å²) in [5.74, 6) is 1.01. The second kappa shape index (κ2) is 7.71. The van der Waals surface area contributed by atoms with Gasteiger partial charge in [0.25, 0.3) is 0 Å². The summed E-state index contributed by atoms with van der Waals surface area (Å²) in [5.41, 5.74) is 1.40. The average Bonchev–Trinajstić information content (AvgIpc) is 3.18. The Hall–Kier alpha value is -2.37. The van der Waals surface area contributed by atoms with Crippen LogP contribution in [0.25, 0.3) is 0 Å². The Kier molecular flexibility index (Phi) is 5.14. The smallest absolute Gasteiger partial charge is 0.232 e. The van der Waals surface area contributed by atoms with E-state index in [9.17, 15) is 4.79 Å². The normalized spacial score (nSPS) is 17.7. The molecule has 1 amide bonds. The first-order valence-electron chi connectivity index (χ1n) is 9.61. The van der Waals surface area contributed by atoms with Crippen LogP contribution in [0.1, 0.15) is 42.7 Å². The highest BCUT2D eigenvalue weighted by Crippen LogP contribution is 2.44. The van der Waals surface area contributed by atoms with Crippen LogP contribution in [0.2, 0.25) is 0 Å². The van der Waals surface area contributed by atoms with E-state index < -0.39 is 5.92 Å². The topological polar surface area (TPSA) is 67.8 Å². The minimum atomic E-state index is -0.401. The summed E-state index contributed by atoms with van der Waals surface area (Å²) in [6.07, 6.45) is 4.00. The van der Waals surface area contributed by atoms with E-state index in [4.69, 9.17) is 14.6 Å². The minimum absolute atomic E-state index is 0.00356. The Bertz CT molecular complexity index is 768. The fraction of sp³-hybridized carbons (Fsp3) is 0.409. The van der Waals surface area contributed by atoms with E-state index >= 15 is 0 Å². The van der Waals surface area contributed by atoms with Crippen molar-refractivity contribution in [3.63, 3.8) is 0 Å². The fourth-order valence-corrected chi connectivity index (χ4v) is 4.20. The van der Waals surface area contributed by atoms with Gasteiger partial charge in [0.15, 0.2) is 0 Å². The molecule has 0 aromatic heterocycles. The molecule has 5 heteroatoms. The molecule has 0 bridgehead atoms. The Balaban J connectivity index is 1.57. The Labute approximate surface area is 159 Å². The Morgan fingerprint density at radius 3 is 2.26 bits per heavy atom. The third kappa shape index (κ3) is 3.57. The molecule has 2 aromatic carbocycles. The van der Waals surface area contributed by atoms with Crippen molar-refractivity contribution in [2.24, 2.45) is 0 Å². The molecular weight excluding hydrogens is 342 g/mol. The van der Waals surface area contributed by atoms with Crippen molar-refractivity contribution in [1.82, 2.24) is 5.32 Å². The largest absolute Gasteiger partial charge is 0.457 e. The van der Waals surface area contributed by atoms with Gasteiger partial charge in [-0.2, -0.15) is 0 Å². The highest BCUT2D eigenvalue weighted by Gasteiger charge is 2.37. The Morgan fingerprint density at radius 1 is 1.07 bits per heavy atom. The number of nitrogens with one attached hydrogen (secondary N) is 1. The number of hydrogen-bond donors (Lipinski definition) is 2. The summed E-state index contributed by atoms with van der Waals surface area (Å²) >= 11 is 0. The number of aliphatic hydroxyl groups is 1. The fourth-order valence-electron chi connectivity index (χ4n) is 4.20. The maximum atomic E-state index is 13.2. The molecule has 1 fully saturated rings. The van der Waals surface area contributed by atoms with Crippen molar-refractivity contribution in [2.75, 3.05) is 19.8 Å². The molecule has 0 atom stereocenters. The molecule has 5 nitrogen and oxygen atoms in total. The van der Waals surface area contributed by atoms with Crippen LogP contribution in [0.4, 0.5) is 0 Å². The van der Waals surface area contributed by atoms with Crippen LogP contribution in [0.3, 0.4) is 0 Å². The van der Waals surface area contributed by atoms with Crippen molar-refractivity contribution in [1.29, 1.82) is 0 Å². The summed E-state index contributed by atoms with van der Waals surface area (Å²) in [7, 11) is 0. The first-order chi connectivity index (χ1) is 13.2. The molecule has 0 unspecified atom stereocenters. The number of hydrogen-bond acceptors (Lipinski definition) is 4. The summed E-state index contributed by atoms with van der Waals surface area (Å²) in [6.45, 7) is 0.767. The predicted octanol–water partition coefficient (Wildman–Crippen LogP) is 3.36. The van der Waals surface area contributed by atoms with Gasteiger partial charge >= 0.3 is 0 Å². The summed E-state index contributed by atoms with van der Waals surface area (Å²) in [5, 5.41) is 12.2. The van der Waals surface area contributed by atoms with E-state index in [1.807, 2.05) is 48.5 Å². The molecule has 2 aliphatic rings. The lowest BCUT2D eigenvalue weighted by molar-refractivity contribution is -0.124. The van der Waals surface area contributed by atoms with Crippen LogP contribution in [-0.2, 0) is 9.53 Å². The van der Waals surface area contributed by atoms with Gasteiger partial charge in [-0.25, -0.2) is 0 Å². The van der Waals surface area contributed by atoms with Gasteiger partial charge < -0.3 is 19.9 Å². The SMILES string of the molecule is O=C(NCC1(OCCO)CCCC1)C1c2ccccc2Oc2ccccc21. The number of para-hydroxylation sites is 2. The lowest BCUT2D eigenvalue weighted by Gasteiger charge is -2.32. The molecule has 2 aromatic rings. The van der Waals surface area contributed by atoms with Gasteiger partial charge in [-0.15, -0.1) is 0 Å². The van der Waals surface area contributed by atoms with Crippen LogP contribution in [0.5, 0.6) is 11.5 Å². The molecule has 1 aliphatic heterocycles. The molecule has 2 N–H and O–H groups in total. The average molecular weight is 367 g/mol. The van der Waals surface area contributed by atoms with Gasteiger partial charge in [-0.1, -0.05) is 49.2 Å². The first-order valence-corrected chi connectivity index (χ1v) is 9.61. The number of ether oxygens (including phenoxy) is 2. The maximum Gasteiger partial charge on any atom is 0.232 e. The zero-order valence-corrected chi connectivity index (χ0v) is 15.3. The molecular formula is C22H25NO4. The second-order valence-electron chi connectivity index (χ2n) is 7.29. The minimum Gasteiger partial charge on any atom is -0.457 e. The van der Waals surface area contributed by atoms with Crippen molar-refractivity contribution in [3.05, 3.63) is 59.7 Å². The standard InChI is InChI=1S/C22H25NO4/c24-13-14-26-22(11-5-6-12-22)15-23-21(25)20-16-7-1-3-9-18(16)27-19-10-4-2-8-17(19)20/h1-4,7-10,20,24H,5-6,11-15H2,(H,23,25). The number of aliphatic hydroxyl groups excluding tert-OH is 1. The van der Waals surface area contributed by atoms with Gasteiger partial charge in [0.2, 0.25) is 5.91 Å². The molecule has 142 valence electrons. The van der Waals surface area contributed by atoms with Crippen LogP contribution in [-0.4, -0.2) is 36.4 Å². The lowest BCUT2D eigenvalue weighted by atomic mass is 9.87. The first kappa shape index (κ1) is 18.0. The third-order valence-electron chi connectivity index (χ3n) is 5.54. The van der Waals surface area contributed by atoms with E-state index in [0.717, 1.165) is 48.3 Å². The molecule has 0 saturated heterocycles. The van der Waals surface area contributed by atoms with Gasteiger partial charge in [0, 0.05) is 17.7 Å². The number of rotatable bonds is 6. The number of carbonyl (C=O) groups is 1. The number of benzene rings is 2. The number of fused-ring (bicyclic) bond motifs is 2. The van der Waals surface area contributed by atoms with Crippen LogP contribution < -0.4 is 10.1 Å². The van der Waals surface area contributed by atoms with Gasteiger partial charge in [0.05, 0.1) is 24.7 Å². The van der Waals surface area contributed by atoms with Crippen molar-refractivity contribution < 1.29 is 19.4 Å². The van der Waals surface area contributed by atoms with E-state index in [1.54, 1.807) is 0 Å².